The van der Waals surface area contributed by atoms with Crippen LogP contribution in [-0.2, 0) is 12.7 Å². The van der Waals surface area contributed by atoms with Gasteiger partial charge < -0.3 is 10.6 Å². The third kappa shape index (κ3) is 4.17. The highest BCUT2D eigenvalue weighted by Gasteiger charge is 2.32. The molecule has 0 atom stereocenters. The van der Waals surface area contributed by atoms with Gasteiger partial charge in [0, 0.05) is 29.9 Å². The van der Waals surface area contributed by atoms with E-state index in [4.69, 9.17) is 5.73 Å². The number of hydrogen-bond donors (Lipinski definition) is 1. The number of amides is 1. The highest BCUT2D eigenvalue weighted by molar-refractivity contribution is 6.05. The number of hydrogen-bond acceptors (Lipinski definition) is 5. The number of rotatable bonds is 5. The molecule has 0 aliphatic heterocycles. The lowest BCUT2D eigenvalue weighted by atomic mass is 10.0. The van der Waals surface area contributed by atoms with Crippen LogP contribution in [0.25, 0.3) is 27.7 Å². The van der Waals surface area contributed by atoms with Crippen LogP contribution in [0.1, 0.15) is 21.7 Å². The van der Waals surface area contributed by atoms with Gasteiger partial charge in [0.05, 0.1) is 17.4 Å². The zero-order valence-corrected chi connectivity index (χ0v) is 17.3. The monoisotopic (exact) mass is 440 g/mol. The molecule has 1 aromatic carbocycles. The second kappa shape index (κ2) is 8.04. The minimum Gasteiger partial charge on any atom is -0.364 e. The van der Waals surface area contributed by atoms with Crippen LogP contribution in [0.2, 0.25) is 0 Å². The second-order valence-corrected chi connectivity index (χ2v) is 7.58. The number of pyridine rings is 2. The Morgan fingerprint density at radius 1 is 1.06 bits per heavy atom. The average Bonchev–Trinajstić information content (AvgIpc) is 3.12. The molecule has 10 heteroatoms. The predicted molar refractivity (Wildman–Crippen MR) is 113 cm³/mol. The SMILES string of the molecule is CN(C)Cc1cncc(-c2ccc3c(c2)c(C(N)=O)nn3-c2ccc(C(F)(F)F)nc2)c1. The van der Waals surface area contributed by atoms with E-state index in [0.29, 0.717) is 17.4 Å². The van der Waals surface area contributed by atoms with Crippen molar-refractivity contribution in [1.82, 2.24) is 24.6 Å². The molecule has 32 heavy (non-hydrogen) atoms. The summed E-state index contributed by atoms with van der Waals surface area (Å²) in [7, 11) is 3.92. The van der Waals surface area contributed by atoms with Gasteiger partial charge in [-0.15, -0.1) is 0 Å². The fourth-order valence-corrected chi connectivity index (χ4v) is 3.45. The quantitative estimate of drug-likeness (QED) is 0.512. The summed E-state index contributed by atoms with van der Waals surface area (Å²) in [6, 6.07) is 9.45. The third-order valence-electron chi connectivity index (χ3n) is 4.82. The van der Waals surface area contributed by atoms with Crippen LogP contribution in [0, 0.1) is 0 Å². The maximum atomic E-state index is 12.8. The molecule has 2 N–H and O–H groups in total. The van der Waals surface area contributed by atoms with E-state index in [0.717, 1.165) is 29.0 Å². The van der Waals surface area contributed by atoms with Crippen molar-refractivity contribution in [3.05, 3.63) is 71.9 Å². The molecule has 0 saturated carbocycles. The largest absolute Gasteiger partial charge is 0.433 e. The minimum atomic E-state index is -4.55. The second-order valence-electron chi connectivity index (χ2n) is 7.58. The summed E-state index contributed by atoms with van der Waals surface area (Å²) in [6.45, 7) is 0.717. The number of primary amides is 1. The summed E-state index contributed by atoms with van der Waals surface area (Å²) in [5.41, 5.74) is 7.99. The van der Waals surface area contributed by atoms with Crippen molar-refractivity contribution in [2.24, 2.45) is 5.73 Å². The molecule has 3 heterocycles. The molecule has 0 fully saturated rings. The molecule has 7 nitrogen and oxygen atoms in total. The van der Waals surface area contributed by atoms with Crippen molar-refractivity contribution in [3.63, 3.8) is 0 Å². The number of nitrogens with zero attached hydrogens (tertiary/aromatic N) is 5. The maximum absolute atomic E-state index is 12.8. The van der Waals surface area contributed by atoms with Crippen LogP contribution in [0.3, 0.4) is 0 Å². The van der Waals surface area contributed by atoms with Crippen LogP contribution in [0.4, 0.5) is 13.2 Å². The summed E-state index contributed by atoms with van der Waals surface area (Å²) in [4.78, 5) is 21.8. The molecule has 4 rings (SSSR count). The smallest absolute Gasteiger partial charge is 0.364 e. The maximum Gasteiger partial charge on any atom is 0.433 e. The van der Waals surface area contributed by atoms with Crippen molar-refractivity contribution >= 4 is 16.8 Å². The first-order valence-electron chi connectivity index (χ1n) is 9.59. The summed E-state index contributed by atoms with van der Waals surface area (Å²) < 4.78 is 39.9. The minimum absolute atomic E-state index is 0.0131. The Balaban J connectivity index is 1.81. The van der Waals surface area contributed by atoms with Gasteiger partial charge in [0.2, 0.25) is 0 Å². The number of alkyl halides is 3. The number of fused-ring (bicyclic) bond motifs is 1. The van der Waals surface area contributed by atoms with E-state index in [1.54, 1.807) is 24.5 Å². The first-order valence-corrected chi connectivity index (χ1v) is 9.59. The zero-order chi connectivity index (χ0) is 23.0. The number of halogens is 3. The lowest BCUT2D eigenvalue weighted by molar-refractivity contribution is -0.141. The molecule has 3 aromatic heterocycles. The van der Waals surface area contributed by atoms with Crippen molar-refractivity contribution < 1.29 is 18.0 Å². The van der Waals surface area contributed by atoms with Gasteiger partial charge in [0.1, 0.15) is 5.69 Å². The number of carbonyl (C=O) groups is 1. The van der Waals surface area contributed by atoms with E-state index < -0.39 is 17.8 Å². The highest BCUT2D eigenvalue weighted by Crippen LogP contribution is 2.30. The predicted octanol–water partition coefficient (Wildman–Crippen LogP) is 3.66. The summed E-state index contributed by atoms with van der Waals surface area (Å²) in [6.07, 6.45) is 0.0106. The van der Waals surface area contributed by atoms with Gasteiger partial charge in [-0.2, -0.15) is 18.3 Å². The molecular formula is C22H19F3N6O. The van der Waals surface area contributed by atoms with Gasteiger partial charge >= 0.3 is 6.18 Å². The van der Waals surface area contributed by atoms with E-state index in [-0.39, 0.29) is 11.4 Å². The van der Waals surface area contributed by atoms with E-state index in [2.05, 4.69) is 15.1 Å². The zero-order valence-electron chi connectivity index (χ0n) is 17.3. The van der Waals surface area contributed by atoms with Crippen LogP contribution in [0.5, 0.6) is 0 Å². The lowest BCUT2D eigenvalue weighted by Gasteiger charge is -2.11. The van der Waals surface area contributed by atoms with Crippen LogP contribution >= 0.6 is 0 Å². The van der Waals surface area contributed by atoms with E-state index >= 15 is 0 Å². The van der Waals surface area contributed by atoms with E-state index in [1.807, 2.05) is 31.1 Å². The van der Waals surface area contributed by atoms with Crippen LogP contribution in [0.15, 0.2) is 55.0 Å². The van der Waals surface area contributed by atoms with Gasteiger partial charge in [-0.3, -0.25) is 9.78 Å². The Morgan fingerprint density at radius 2 is 1.84 bits per heavy atom. The number of nitrogens with two attached hydrogens (primary N) is 1. The molecule has 0 bridgehead atoms. The molecule has 164 valence electrons. The van der Waals surface area contributed by atoms with Gasteiger partial charge in [-0.25, -0.2) is 9.67 Å². The lowest BCUT2D eigenvalue weighted by Crippen LogP contribution is -2.13. The molecule has 4 aromatic rings. The topological polar surface area (TPSA) is 89.9 Å². The Kier molecular flexibility index (Phi) is 5.39. The summed E-state index contributed by atoms with van der Waals surface area (Å²) in [5.74, 6) is -0.745. The van der Waals surface area contributed by atoms with Crippen molar-refractivity contribution in [3.8, 4) is 16.8 Å². The van der Waals surface area contributed by atoms with Crippen molar-refractivity contribution in [2.75, 3.05) is 14.1 Å². The van der Waals surface area contributed by atoms with E-state index in [1.165, 1.54) is 10.7 Å². The van der Waals surface area contributed by atoms with Crippen molar-refractivity contribution in [1.29, 1.82) is 0 Å². The fraction of sp³-hybridized carbons (Fsp3) is 0.182. The van der Waals surface area contributed by atoms with Crippen LogP contribution < -0.4 is 5.73 Å². The molecule has 1 amide bonds. The number of benzene rings is 1. The molecule has 0 aliphatic carbocycles. The molecular weight excluding hydrogens is 421 g/mol. The average molecular weight is 440 g/mol. The highest BCUT2D eigenvalue weighted by atomic mass is 19.4. The standard InChI is InChI=1S/C22H19F3N6O/c1-30(2)12-13-7-15(10-27-9-13)14-3-5-18-17(8-14)20(21(26)32)29-31(18)16-4-6-19(28-11-16)22(23,24)25/h3-11H,12H2,1-2H3,(H2,26,32). The Bertz CT molecular complexity index is 1300. The Labute approximate surface area is 181 Å². The Hall–Kier alpha value is -3.79. The van der Waals surface area contributed by atoms with Gasteiger partial charge in [0.25, 0.3) is 5.91 Å². The first-order chi connectivity index (χ1) is 15.1. The number of aromatic nitrogens is 4. The molecule has 0 spiro atoms. The van der Waals surface area contributed by atoms with Crippen LogP contribution in [-0.4, -0.2) is 44.7 Å². The molecule has 0 aliphatic rings. The summed E-state index contributed by atoms with van der Waals surface area (Å²) >= 11 is 0. The van der Waals surface area contributed by atoms with Gasteiger partial charge in [0.15, 0.2) is 5.69 Å². The third-order valence-corrected chi connectivity index (χ3v) is 4.82. The fourth-order valence-electron chi connectivity index (χ4n) is 3.45. The Morgan fingerprint density at radius 3 is 2.47 bits per heavy atom. The van der Waals surface area contributed by atoms with E-state index in [9.17, 15) is 18.0 Å². The molecule has 0 unspecified atom stereocenters. The number of carbonyl (C=O) groups excluding carboxylic acids is 1. The summed E-state index contributed by atoms with van der Waals surface area (Å²) in [5, 5.41) is 4.72. The van der Waals surface area contributed by atoms with Gasteiger partial charge in [-0.05, 0) is 55.6 Å². The normalized spacial score (nSPS) is 11.9. The van der Waals surface area contributed by atoms with Gasteiger partial charge in [-0.1, -0.05) is 6.07 Å². The molecule has 0 radical (unpaired) electrons. The molecule has 0 saturated heterocycles. The van der Waals surface area contributed by atoms with Crippen molar-refractivity contribution in [2.45, 2.75) is 12.7 Å². The first kappa shape index (κ1) is 21.4.